The average Bonchev–Trinajstić information content (AvgIpc) is 3.16. The zero-order chi connectivity index (χ0) is 17.5. The number of rotatable bonds is 2. The summed E-state index contributed by atoms with van der Waals surface area (Å²) in [6.45, 7) is 3.15. The highest BCUT2D eigenvalue weighted by Crippen LogP contribution is 2.35. The monoisotopic (exact) mass is 341 g/mol. The van der Waals surface area contributed by atoms with Crippen LogP contribution < -0.4 is 4.90 Å². The quantitative estimate of drug-likeness (QED) is 0.587. The van der Waals surface area contributed by atoms with Crippen molar-refractivity contribution < 1.29 is 0 Å². The van der Waals surface area contributed by atoms with Crippen molar-refractivity contribution in [3.05, 3.63) is 66.0 Å². The van der Waals surface area contributed by atoms with E-state index in [-0.39, 0.29) is 0 Å². The van der Waals surface area contributed by atoms with Crippen LogP contribution in [0.2, 0.25) is 0 Å². The number of hydrogen-bond donors (Lipinski definition) is 1. The summed E-state index contributed by atoms with van der Waals surface area (Å²) in [6.07, 6.45) is 5.94. The summed E-state index contributed by atoms with van der Waals surface area (Å²) in [7, 11) is 0. The van der Waals surface area contributed by atoms with Crippen LogP contribution in [0, 0.1) is 6.92 Å². The molecule has 1 aliphatic rings. The molecule has 0 saturated heterocycles. The number of aryl methyl sites for hydroxylation is 2. The van der Waals surface area contributed by atoms with Crippen molar-refractivity contribution in [1.82, 2.24) is 20.2 Å². The summed E-state index contributed by atoms with van der Waals surface area (Å²) >= 11 is 0. The van der Waals surface area contributed by atoms with Gasteiger partial charge in [-0.15, -0.1) is 0 Å². The van der Waals surface area contributed by atoms with E-state index in [1.165, 1.54) is 16.8 Å². The van der Waals surface area contributed by atoms with Gasteiger partial charge in [-0.2, -0.15) is 5.10 Å². The molecule has 1 aliphatic heterocycles. The number of anilines is 2. The number of hydrogen-bond acceptors (Lipinski definition) is 4. The molecule has 0 fully saturated rings. The molecule has 0 unspecified atom stereocenters. The molecule has 2 aromatic carbocycles. The summed E-state index contributed by atoms with van der Waals surface area (Å²) in [5.41, 5.74) is 6.01. The number of fused-ring (bicyclic) bond motifs is 2. The molecule has 0 atom stereocenters. The summed E-state index contributed by atoms with van der Waals surface area (Å²) in [4.78, 5) is 11.7. The maximum Gasteiger partial charge on any atom is 0.161 e. The molecule has 5 heteroatoms. The number of aromatic amines is 1. The zero-order valence-corrected chi connectivity index (χ0v) is 14.6. The van der Waals surface area contributed by atoms with Crippen LogP contribution in [0.15, 0.2) is 54.9 Å². The lowest BCUT2D eigenvalue weighted by molar-refractivity contribution is 0.756. The molecular weight excluding hydrogens is 322 g/mol. The van der Waals surface area contributed by atoms with E-state index in [9.17, 15) is 0 Å². The van der Waals surface area contributed by atoms with Crippen LogP contribution in [0.3, 0.4) is 0 Å². The van der Waals surface area contributed by atoms with E-state index < -0.39 is 0 Å². The molecule has 2 aromatic heterocycles. The van der Waals surface area contributed by atoms with Gasteiger partial charge >= 0.3 is 0 Å². The fourth-order valence-electron chi connectivity index (χ4n) is 3.80. The Labute approximate surface area is 151 Å². The van der Waals surface area contributed by atoms with Crippen molar-refractivity contribution in [2.24, 2.45) is 0 Å². The number of nitrogens with one attached hydrogen (secondary N) is 1. The van der Waals surface area contributed by atoms with Gasteiger partial charge in [-0.1, -0.05) is 18.2 Å². The van der Waals surface area contributed by atoms with Gasteiger partial charge in [0.15, 0.2) is 5.82 Å². The summed E-state index contributed by atoms with van der Waals surface area (Å²) in [5, 5.41) is 8.13. The Morgan fingerprint density at radius 1 is 1.12 bits per heavy atom. The highest BCUT2D eigenvalue weighted by atomic mass is 15.2. The molecule has 5 rings (SSSR count). The molecule has 4 aromatic rings. The van der Waals surface area contributed by atoms with Gasteiger partial charge in [-0.3, -0.25) is 5.10 Å². The molecule has 0 amide bonds. The predicted molar refractivity (Wildman–Crippen MR) is 104 cm³/mol. The standard InChI is InChI=1S/C21H19N5/c1-14-4-2-5-15-6-3-11-26(20(14)15)19-9-10-22-21(24-19)16-7-8-18-17(12-16)13-23-25-18/h2,4-5,7-10,12-13H,3,6,11H2,1H3,(H,23,25). The van der Waals surface area contributed by atoms with Crippen LogP contribution in [0.5, 0.6) is 0 Å². The molecule has 5 nitrogen and oxygen atoms in total. The molecule has 1 N–H and O–H groups in total. The van der Waals surface area contributed by atoms with E-state index in [0.29, 0.717) is 0 Å². The van der Waals surface area contributed by atoms with Gasteiger partial charge in [-0.25, -0.2) is 9.97 Å². The van der Waals surface area contributed by atoms with Crippen molar-refractivity contribution in [3.63, 3.8) is 0 Å². The third-order valence-electron chi connectivity index (χ3n) is 5.03. The first-order valence-electron chi connectivity index (χ1n) is 8.92. The first-order valence-corrected chi connectivity index (χ1v) is 8.92. The number of H-pyrrole nitrogens is 1. The summed E-state index contributed by atoms with van der Waals surface area (Å²) < 4.78 is 0. The number of nitrogens with zero attached hydrogens (tertiary/aromatic N) is 4. The second kappa shape index (κ2) is 5.95. The van der Waals surface area contributed by atoms with Gasteiger partial charge in [0.2, 0.25) is 0 Å². The van der Waals surface area contributed by atoms with Crippen molar-refractivity contribution in [2.75, 3.05) is 11.4 Å². The van der Waals surface area contributed by atoms with Crippen LogP contribution >= 0.6 is 0 Å². The first-order chi connectivity index (χ1) is 12.8. The molecule has 0 saturated carbocycles. The average molecular weight is 341 g/mol. The Bertz CT molecular complexity index is 1100. The SMILES string of the molecule is Cc1cccc2c1N(c1ccnc(-c3ccc4[nH]ncc4c3)n1)CCC2. The van der Waals surface area contributed by atoms with Crippen LogP contribution in [-0.2, 0) is 6.42 Å². The van der Waals surface area contributed by atoms with E-state index in [2.05, 4.69) is 51.3 Å². The minimum Gasteiger partial charge on any atom is -0.326 e. The van der Waals surface area contributed by atoms with Gasteiger partial charge in [0, 0.05) is 29.4 Å². The van der Waals surface area contributed by atoms with Crippen LogP contribution in [-0.4, -0.2) is 26.7 Å². The maximum atomic E-state index is 4.88. The topological polar surface area (TPSA) is 57.7 Å². The van der Waals surface area contributed by atoms with Gasteiger partial charge < -0.3 is 4.90 Å². The molecular formula is C21H19N5. The highest BCUT2D eigenvalue weighted by Gasteiger charge is 2.21. The number of benzene rings is 2. The number of aromatic nitrogens is 4. The lowest BCUT2D eigenvalue weighted by Crippen LogP contribution is -2.26. The van der Waals surface area contributed by atoms with Crippen molar-refractivity contribution in [1.29, 1.82) is 0 Å². The fraction of sp³-hybridized carbons (Fsp3) is 0.190. The normalized spacial score (nSPS) is 13.8. The van der Waals surface area contributed by atoms with Crippen molar-refractivity contribution in [3.8, 4) is 11.4 Å². The van der Waals surface area contributed by atoms with Crippen LogP contribution in [0.25, 0.3) is 22.3 Å². The Kier molecular flexibility index (Phi) is 3.45. The Morgan fingerprint density at radius 2 is 2.08 bits per heavy atom. The van der Waals surface area contributed by atoms with E-state index in [1.54, 1.807) is 0 Å². The first kappa shape index (κ1) is 15.1. The smallest absolute Gasteiger partial charge is 0.161 e. The molecule has 26 heavy (non-hydrogen) atoms. The summed E-state index contributed by atoms with van der Waals surface area (Å²) in [5.74, 6) is 1.70. The van der Waals surface area contributed by atoms with E-state index in [4.69, 9.17) is 4.98 Å². The minimum absolute atomic E-state index is 0.742. The van der Waals surface area contributed by atoms with Crippen molar-refractivity contribution in [2.45, 2.75) is 19.8 Å². The predicted octanol–water partition coefficient (Wildman–Crippen LogP) is 4.41. The van der Waals surface area contributed by atoms with Crippen LogP contribution in [0.1, 0.15) is 17.5 Å². The van der Waals surface area contributed by atoms with Gasteiger partial charge in [0.05, 0.1) is 11.7 Å². The zero-order valence-electron chi connectivity index (χ0n) is 14.6. The molecule has 0 bridgehead atoms. The minimum atomic E-state index is 0.742. The Hall–Kier alpha value is -3.21. The Balaban J connectivity index is 1.59. The lowest BCUT2D eigenvalue weighted by atomic mass is 9.98. The molecule has 128 valence electrons. The van der Waals surface area contributed by atoms with Crippen molar-refractivity contribution >= 4 is 22.4 Å². The van der Waals surface area contributed by atoms with Crippen LogP contribution in [0.4, 0.5) is 11.5 Å². The second-order valence-corrected chi connectivity index (χ2v) is 6.75. The van der Waals surface area contributed by atoms with E-state index in [0.717, 1.165) is 47.5 Å². The third kappa shape index (κ3) is 2.44. The lowest BCUT2D eigenvalue weighted by Gasteiger charge is -2.32. The molecule has 0 spiro atoms. The second-order valence-electron chi connectivity index (χ2n) is 6.75. The summed E-state index contributed by atoms with van der Waals surface area (Å²) in [6, 6.07) is 14.7. The molecule has 0 radical (unpaired) electrons. The fourth-order valence-corrected chi connectivity index (χ4v) is 3.80. The largest absolute Gasteiger partial charge is 0.326 e. The van der Waals surface area contributed by atoms with Gasteiger partial charge in [0.25, 0.3) is 0 Å². The maximum absolute atomic E-state index is 4.88. The third-order valence-corrected chi connectivity index (χ3v) is 5.03. The number of para-hydroxylation sites is 1. The van der Waals surface area contributed by atoms with E-state index in [1.807, 2.05) is 30.6 Å². The molecule has 3 heterocycles. The van der Waals surface area contributed by atoms with E-state index >= 15 is 0 Å². The van der Waals surface area contributed by atoms with Gasteiger partial charge in [0.1, 0.15) is 5.82 Å². The van der Waals surface area contributed by atoms with Gasteiger partial charge in [-0.05, 0) is 55.2 Å². The highest BCUT2D eigenvalue weighted by molar-refractivity contribution is 5.83. The Morgan fingerprint density at radius 3 is 3.04 bits per heavy atom. The molecule has 0 aliphatic carbocycles.